The van der Waals surface area contributed by atoms with E-state index in [0.717, 1.165) is 82.5 Å². The van der Waals surface area contributed by atoms with E-state index in [0.29, 0.717) is 6.42 Å². The number of imidazole rings is 1. The van der Waals surface area contributed by atoms with Crippen LogP contribution in [0.2, 0.25) is 0 Å². The molecule has 4 N–H and O–H groups in total. The van der Waals surface area contributed by atoms with Crippen LogP contribution in [0.4, 0.5) is 4.79 Å². The van der Waals surface area contributed by atoms with Gasteiger partial charge in [0.1, 0.15) is 6.04 Å². The summed E-state index contributed by atoms with van der Waals surface area (Å²) in [6.45, 7) is 4.85. The van der Waals surface area contributed by atoms with Gasteiger partial charge in [-0.3, -0.25) is 4.57 Å². The molecule has 6 aromatic rings. The topological polar surface area (TPSA) is 147 Å². The van der Waals surface area contributed by atoms with E-state index in [4.69, 9.17) is 14.2 Å². The number of ether oxygens (including phenoxy) is 3. The third kappa shape index (κ3) is 9.79. The Labute approximate surface area is 355 Å². The van der Waals surface area contributed by atoms with E-state index in [2.05, 4.69) is 39.6 Å². The number of para-hydroxylation sites is 2. The molecule has 2 fully saturated rings. The fraction of sp³-hybridized carbons (Fsp3) is 0.327. The summed E-state index contributed by atoms with van der Waals surface area (Å²) in [7, 11) is 1.31. The SMILES string of the molecule is COC(=O)[C@H](Cc1ccccc1)NC(=O)NCc1cccc(-c2ccc([C@H]3O[C@@H](CN4CCC(n5c(=O)[nH]c6ccccc65)CC4)[C@@H](C)[C@@H](c4ccc(CO)cc4)O3)cc2)c1. The molecule has 2 aliphatic rings. The van der Waals surface area contributed by atoms with Crippen molar-refractivity contribution in [2.45, 2.75) is 69.9 Å². The van der Waals surface area contributed by atoms with Crippen LogP contribution in [-0.4, -0.2) is 70.4 Å². The maximum atomic E-state index is 12.9. The van der Waals surface area contributed by atoms with Gasteiger partial charge in [0.25, 0.3) is 0 Å². The van der Waals surface area contributed by atoms with E-state index in [9.17, 15) is 19.5 Å². The van der Waals surface area contributed by atoms with Gasteiger partial charge in [-0.1, -0.05) is 116 Å². The van der Waals surface area contributed by atoms with Gasteiger partial charge in [-0.25, -0.2) is 14.4 Å². The first-order valence-electron chi connectivity index (χ1n) is 21.0. The van der Waals surface area contributed by atoms with Gasteiger partial charge in [0, 0.05) is 50.1 Å². The number of carbonyl (C=O) groups is 2. The molecule has 8 rings (SSSR count). The van der Waals surface area contributed by atoms with Gasteiger partial charge >= 0.3 is 17.7 Å². The van der Waals surface area contributed by atoms with Crippen LogP contribution in [0.3, 0.4) is 0 Å². The normalized spacial score (nSPS) is 20.2. The first-order valence-corrected chi connectivity index (χ1v) is 21.0. The highest BCUT2D eigenvalue weighted by atomic mass is 16.7. The van der Waals surface area contributed by atoms with Crippen molar-refractivity contribution in [1.82, 2.24) is 25.1 Å². The van der Waals surface area contributed by atoms with Crippen LogP contribution in [0.15, 0.2) is 132 Å². The maximum Gasteiger partial charge on any atom is 0.328 e. The van der Waals surface area contributed by atoms with E-state index in [1.54, 1.807) is 0 Å². The summed E-state index contributed by atoms with van der Waals surface area (Å²) >= 11 is 0. The summed E-state index contributed by atoms with van der Waals surface area (Å²) in [5, 5.41) is 15.3. The molecule has 1 aromatic heterocycles. The Morgan fingerprint density at radius 2 is 1.52 bits per heavy atom. The quantitative estimate of drug-likeness (QED) is 0.0895. The molecule has 0 aliphatic carbocycles. The summed E-state index contributed by atoms with van der Waals surface area (Å²) < 4.78 is 20.5. The Balaban J connectivity index is 0.930. The van der Waals surface area contributed by atoms with Crippen LogP contribution in [0.5, 0.6) is 0 Å². The van der Waals surface area contributed by atoms with Gasteiger partial charge in [-0.2, -0.15) is 0 Å². The molecule has 2 amide bonds. The Hall–Kier alpha value is -6.05. The van der Waals surface area contributed by atoms with E-state index in [1.807, 2.05) is 120 Å². The molecule has 2 saturated heterocycles. The Kier molecular flexibility index (Phi) is 13.1. The molecule has 316 valence electrons. The lowest BCUT2D eigenvalue weighted by Crippen LogP contribution is -2.47. The number of carbonyl (C=O) groups excluding carboxylic acids is 2. The average Bonchev–Trinajstić information content (AvgIpc) is 3.64. The van der Waals surface area contributed by atoms with E-state index >= 15 is 0 Å². The van der Waals surface area contributed by atoms with E-state index < -0.39 is 24.3 Å². The number of urea groups is 1. The van der Waals surface area contributed by atoms with Crippen LogP contribution in [0.25, 0.3) is 22.2 Å². The number of aliphatic hydroxyl groups excluding tert-OH is 1. The molecular weight excluding hydrogens is 771 g/mol. The number of esters is 1. The van der Waals surface area contributed by atoms with Gasteiger partial charge in [-0.05, 0) is 64.4 Å². The molecule has 61 heavy (non-hydrogen) atoms. The number of fused-ring (bicyclic) bond motifs is 1. The standard InChI is InChI=1S/C49H53N5O7/c1-32-44(30-53-25-23-40(24-26-53)54-43-14-7-6-13-41(43)52-49(54)58)60-47(61-45(32)37-17-15-34(31-55)16-18-37)38-21-19-36(20-22-38)39-12-8-11-35(27-39)29-50-48(57)51-42(46(56)59-2)28-33-9-4-3-5-10-33/h3-22,27,32,40,42,44-45,47,55H,23-26,28-31H2,1-2H3,(H,52,58)(H2,50,51,57)/t32-,42+,44+,45+,47+/m1/s1. The number of rotatable bonds is 13. The first-order chi connectivity index (χ1) is 29.8. The summed E-state index contributed by atoms with van der Waals surface area (Å²) in [5.74, 6) is -0.471. The van der Waals surface area contributed by atoms with Crippen molar-refractivity contribution in [1.29, 1.82) is 0 Å². The monoisotopic (exact) mass is 823 g/mol. The maximum absolute atomic E-state index is 12.9. The third-order valence-corrected chi connectivity index (χ3v) is 12.1. The van der Waals surface area contributed by atoms with Crippen LogP contribution in [0, 0.1) is 5.92 Å². The van der Waals surface area contributed by atoms with Gasteiger partial charge in [0.2, 0.25) is 0 Å². The Morgan fingerprint density at radius 1 is 0.820 bits per heavy atom. The number of piperidine rings is 1. The predicted octanol–water partition coefficient (Wildman–Crippen LogP) is 7.20. The average molecular weight is 824 g/mol. The molecule has 5 aromatic carbocycles. The molecular formula is C49H53N5O7. The smallest absolute Gasteiger partial charge is 0.328 e. The summed E-state index contributed by atoms with van der Waals surface area (Å²) in [6, 6.07) is 40.3. The Bertz CT molecular complexity index is 2460. The zero-order chi connectivity index (χ0) is 42.3. The number of likely N-dealkylation sites (tertiary alicyclic amines) is 1. The zero-order valence-corrected chi connectivity index (χ0v) is 34.5. The molecule has 12 nitrogen and oxygen atoms in total. The lowest BCUT2D eigenvalue weighted by atomic mass is 9.89. The number of aromatic amines is 1. The van der Waals surface area contributed by atoms with Crippen LogP contribution >= 0.6 is 0 Å². The number of nitrogens with one attached hydrogen (secondary N) is 3. The third-order valence-electron chi connectivity index (χ3n) is 12.1. The number of hydrogen-bond donors (Lipinski definition) is 4. The highest BCUT2D eigenvalue weighted by Crippen LogP contribution is 2.42. The second kappa shape index (κ2) is 19.1. The fourth-order valence-corrected chi connectivity index (χ4v) is 8.65. The molecule has 0 unspecified atom stereocenters. The highest BCUT2D eigenvalue weighted by molar-refractivity contribution is 5.83. The number of benzene rings is 5. The number of aliphatic hydroxyl groups is 1. The molecule has 0 bridgehead atoms. The molecule has 3 heterocycles. The summed E-state index contributed by atoms with van der Waals surface area (Å²) in [4.78, 5) is 43.8. The van der Waals surface area contributed by atoms with E-state index in [1.165, 1.54) is 7.11 Å². The van der Waals surface area contributed by atoms with Crippen molar-refractivity contribution in [3.8, 4) is 11.1 Å². The van der Waals surface area contributed by atoms with E-state index in [-0.39, 0.29) is 43.0 Å². The molecule has 0 saturated carbocycles. The van der Waals surface area contributed by atoms with Crippen LogP contribution in [-0.2, 0) is 38.6 Å². The minimum atomic E-state index is -0.822. The van der Waals surface area contributed by atoms with Crippen molar-refractivity contribution in [2.75, 3.05) is 26.7 Å². The minimum absolute atomic E-state index is 0.0237. The molecule has 12 heteroatoms. The largest absolute Gasteiger partial charge is 0.467 e. The second-order valence-corrected chi connectivity index (χ2v) is 16.1. The van der Waals surface area contributed by atoms with Crippen molar-refractivity contribution < 1.29 is 28.9 Å². The van der Waals surface area contributed by atoms with Crippen molar-refractivity contribution in [2.24, 2.45) is 5.92 Å². The number of amides is 2. The summed E-state index contributed by atoms with van der Waals surface area (Å²) in [5.41, 5.74) is 8.34. The molecule has 2 aliphatic heterocycles. The van der Waals surface area contributed by atoms with Gasteiger partial charge in [0.05, 0.1) is 37.0 Å². The first kappa shape index (κ1) is 41.7. The van der Waals surface area contributed by atoms with Gasteiger partial charge in [-0.15, -0.1) is 0 Å². The number of methoxy groups -OCH3 is 1. The van der Waals surface area contributed by atoms with Crippen LogP contribution < -0.4 is 16.3 Å². The zero-order valence-electron chi connectivity index (χ0n) is 34.5. The van der Waals surface area contributed by atoms with Crippen molar-refractivity contribution >= 4 is 23.0 Å². The minimum Gasteiger partial charge on any atom is -0.467 e. The van der Waals surface area contributed by atoms with Crippen molar-refractivity contribution in [3.63, 3.8) is 0 Å². The number of hydrogen-bond acceptors (Lipinski definition) is 8. The lowest BCUT2D eigenvalue weighted by Gasteiger charge is -2.44. The molecule has 5 atom stereocenters. The second-order valence-electron chi connectivity index (χ2n) is 16.1. The number of nitrogens with zero attached hydrogens (tertiary/aromatic N) is 2. The van der Waals surface area contributed by atoms with Gasteiger partial charge < -0.3 is 39.8 Å². The lowest BCUT2D eigenvalue weighted by molar-refractivity contribution is -0.276. The number of H-pyrrole nitrogens is 1. The fourth-order valence-electron chi connectivity index (χ4n) is 8.65. The van der Waals surface area contributed by atoms with Gasteiger partial charge in [0.15, 0.2) is 6.29 Å². The highest BCUT2D eigenvalue weighted by Gasteiger charge is 2.40. The molecule has 0 radical (unpaired) electrons. The van der Waals surface area contributed by atoms with Crippen molar-refractivity contribution in [3.05, 3.63) is 166 Å². The Morgan fingerprint density at radius 3 is 2.26 bits per heavy atom. The summed E-state index contributed by atoms with van der Waals surface area (Å²) in [6.07, 6.45) is 1.08. The molecule has 0 spiro atoms. The predicted molar refractivity (Wildman–Crippen MR) is 233 cm³/mol. The number of aromatic nitrogens is 2. The van der Waals surface area contributed by atoms with Crippen LogP contribution in [0.1, 0.15) is 66.0 Å².